The van der Waals surface area contributed by atoms with E-state index in [-0.39, 0.29) is 12.2 Å². The van der Waals surface area contributed by atoms with Gasteiger partial charge in [0.15, 0.2) is 16.7 Å². The summed E-state index contributed by atoms with van der Waals surface area (Å²) >= 11 is 1.69. The van der Waals surface area contributed by atoms with E-state index in [1.165, 1.54) is 37.7 Å². The zero-order chi connectivity index (χ0) is 18.4. The Hall–Kier alpha value is -1.44. The van der Waals surface area contributed by atoms with Crippen LogP contribution in [0.1, 0.15) is 50.1 Å². The second-order valence-electron chi connectivity index (χ2n) is 6.82. The molecular formula is C19H30N4O2S. The van der Waals surface area contributed by atoms with Crippen LogP contribution >= 0.6 is 11.8 Å². The predicted molar refractivity (Wildman–Crippen MR) is 108 cm³/mol. The zero-order valence-electron chi connectivity index (χ0n) is 15.9. The molecule has 2 atom stereocenters. The zero-order valence-corrected chi connectivity index (χ0v) is 16.7. The Morgan fingerprint density at radius 1 is 1.12 bits per heavy atom. The van der Waals surface area contributed by atoms with Gasteiger partial charge in [-0.15, -0.1) is 0 Å². The number of amidine groups is 1. The van der Waals surface area contributed by atoms with Crippen molar-refractivity contribution in [3.63, 3.8) is 0 Å². The summed E-state index contributed by atoms with van der Waals surface area (Å²) in [4.78, 5) is 4.88. The molecule has 1 aromatic rings. The highest BCUT2D eigenvalue weighted by Crippen LogP contribution is 2.32. The third kappa shape index (κ3) is 4.84. The largest absolute Gasteiger partial charge is 0.493 e. The smallest absolute Gasteiger partial charge is 0.161 e. The molecule has 1 saturated heterocycles. The number of ether oxygens (including phenoxy) is 2. The number of aliphatic imine (C=N–C) groups is 1. The fourth-order valence-electron chi connectivity index (χ4n) is 3.62. The third-order valence-corrected chi connectivity index (χ3v) is 5.70. The van der Waals surface area contributed by atoms with E-state index in [0.717, 1.165) is 23.1 Å². The minimum atomic E-state index is 0.0617. The van der Waals surface area contributed by atoms with Gasteiger partial charge in [0, 0.05) is 18.5 Å². The number of hydrazine groups is 1. The van der Waals surface area contributed by atoms with Crippen LogP contribution in [0.25, 0.3) is 0 Å². The van der Waals surface area contributed by atoms with E-state index < -0.39 is 0 Å². The number of hydrogen-bond acceptors (Lipinski definition) is 6. The average molecular weight is 379 g/mol. The summed E-state index contributed by atoms with van der Waals surface area (Å²) in [5, 5.41) is 4.66. The summed E-state index contributed by atoms with van der Waals surface area (Å²) in [6, 6.07) is 6.82. The molecule has 1 heterocycles. The lowest BCUT2D eigenvalue weighted by molar-refractivity contribution is 0.354. The highest BCUT2D eigenvalue weighted by Gasteiger charge is 2.26. The number of nitrogens with one attached hydrogen (secondary N) is 3. The van der Waals surface area contributed by atoms with Crippen molar-refractivity contribution in [2.75, 3.05) is 20.5 Å². The summed E-state index contributed by atoms with van der Waals surface area (Å²) < 4.78 is 10.7. The minimum absolute atomic E-state index is 0.0617. The van der Waals surface area contributed by atoms with E-state index in [9.17, 15) is 0 Å². The minimum Gasteiger partial charge on any atom is -0.493 e. The van der Waals surface area contributed by atoms with E-state index in [2.05, 4.69) is 28.5 Å². The Morgan fingerprint density at radius 2 is 1.88 bits per heavy atom. The van der Waals surface area contributed by atoms with Crippen molar-refractivity contribution in [1.82, 2.24) is 16.2 Å². The van der Waals surface area contributed by atoms with Crippen LogP contribution in [-0.2, 0) is 0 Å². The molecule has 6 nitrogen and oxygen atoms in total. The van der Waals surface area contributed by atoms with Gasteiger partial charge in [0.25, 0.3) is 0 Å². The monoisotopic (exact) mass is 378 g/mol. The Morgan fingerprint density at radius 3 is 2.58 bits per heavy atom. The number of thioether (sulfide) groups is 1. The van der Waals surface area contributed by atoms with Crippen LogP contribution < -0.4 is 25.6 Å². The Bertz CT molecular complexity index is 620. The maximum atomic E-state index is 5.42. The molecule has 3 rings (SSSR count). The SMILES string of the molecule is COc1ccc(C2CC(/N=C(/NC3CCCCC3)SC)NN2)cc1OC. The molecule has 2 aliphatic rings. The van der Waals surface area contributed by atoms with Crippen LogP contribution in [0, 0.1) is 0 Å². The van der Waals surface area contributed by atoms with Crippen molar-refractivity contribution >= 4 is 16.9 Å². The van der Waals surface area contributed by atoms with Gasteiger partial charge >= 0.3 is 0 Å². The average Bonchev–Trinajstić information content (AvgIpc) is 3.16. The third-order valence-electron chi connectivity index (χ3n) is 5.09. The molecule has 0 bridgehead atoms. The van der Waals surface area contributed by atoms with Crippen molar-refractivity contribution in [3.05, 3.63) is 23.8 Å². The van der Waals surface area contributed by atoms with Gasteiger partial charge in [0.2, 0.25) is 0 Å². The van der Waals surface area contributed by atoms with Gasteiger partial charge in [-0.1, -0.05) is 37.1 Å². The van der Waals surface area contributed by atoms with E-state index in [0.29, 0.717) is 6.04 Å². The molecule has 0 spiro atoms. The maximum Gasteiger partial charge on any atom is 0.161 e. The summed E-state index contributed by atoms with van der Waals surface area (Å²) in [7, 11) is 3.32. The van der Waals surface area contributed by atoms with Crippen LogP contribution in [0.5, 0.6) is 11.5 Å². The van der Waals surface area contributed by atoms with E-state index in [1.54, 1.807) is 26.0 Å². The first-order valence-corrected chi connectivity index (χ1v) is 10.6. The Labute approximate surface area is 160 Å². The topological polar surface area (TPSA) is 66.9 Å². The van der Waals surface area contributed by atoms with Gasteiger partial charge in [0.05, 0.1) is 14.2 Å². The van der Waals surface area contributed by atoms with E-state index in [4.69, 9.17) is 14.5 Å². The number of rotatable bonds is 5. The Kier molecular flexibility index (Phi) is 7.05. The lowest BCUT2D eigenvalue weighted by atomic mass is 9.96. The van der Waals surface area contributed by atoms with Crippen LogP contribution in [-0.4, -0.2) is 37.9 Å². The van der Waals surface area contributed by atoms with Crippen LogP contribution in [0.4, 0.5) is 0 Å². The molecule has 2 fully saturated rings. The standard InChI is InChI=1S/C19H30N4O2S/c1-24-16-10-9-13(11-17(16)25-2)15-12-18(23-22-15)21-19(26-3)20-14-7-5-4-6-8-14/h9-11,14-15,18,22-23H,4-8,12H2,1-3H3,(H,20,21). The quantitative estimate of drug-likeness (QED) is 0.540. The van der Waals surface area contributed by atoms with Crippen molar-refractivity contribution < 1.29 is 9.47 Å². The van der Waals surface area contributed by atoms with Gasteiger partial charge in [-0.25, -0.2) is 15.8 Å². The fraction of sp³-hybridized carbons (Fsp3) is 0.632. The van der Waals surface area contributed by atoms with Crippen molar-refractivity contribution in [2.45, 2.75) is 56.8 Å². The maximum absolute atomic E-state index is 5.42. The van der Waals surface area contributed by atoms with E-state index >= 15 is 0 Å². The van der Waals surface area contributed by atoms with Gasteiger partial charge in [-0.2, -0.15) is 0 Å². The second kappa shape index (κ2) is 9.48. The normalized spacial score (nSPS) is 24.5. The molecule has 0 aromatic heterocycles. The van der Waals surface area contributed by atoms with Crippen molar-refractivity contribution in [1.29, 1.82) is 0 Å². The van der Waals surface area contributed by atoms with Crippen LogP contribution in [0.3, 0.4) is 0 Å². The molecule has 26 heavy (non-hydrogen) atoms. The first-order chi connectivity index (χ1) is 12.7. The van der Waals surface area contributed by atoms with Crippen molar-refractivity contribution in [3.8, 4) is 11.5 Å². The van der Waals surface area contributed by atoms with Gasteiger partial charge in [-0.3, -0.25) is 0 Å². The molecule has 1 aliphatic carbocycles. The molecular weight excluding hydrogens is 348 g/mol. The first-order valence-electron chi connectivity index (χ1n) is 9.34. The van der Waals surface area contributed by atoms with Gasteiger partial charge in [0.1, 0.15) is 6.17 Å². The first kappa shape index (κ1) is 19.3. The Balaban J connectivity index is 1.61. The number of benzene rings is 1. The summed E-state index contributed by atoms with van der Waals surface area (Å²) in [6.07, 6.45) is 9.56. The molecule has 7 heteroatoms. The molecule has 2 unspecified atom stereocenters. The highest BCUT2D eigenvalue weighted by molar-refractivity contribution is 8.13. The number of hydrogen-bond donors (Lipinski definition) is 3. The fourth-order valence-corrected chi connectivity index (χ4v) is 4.14. The van der Waals surface area contributed by atoms with Crippen LogP contribution in [0.15, 0.2) is 23.2 Å². The summed E-state index contributed by atoms with van der Waals surface area (Å²) in [5.41, 5.74) is 7.83. The molecule has 1 saturated carbocycles. The molecule has 0 amide bonds. The van der Waals surface area contributed by atoms with Crippen LogP contribution in [0.2, 0.25) is 0 Å². The predicted octanol–water partition coefficient (Wildman–Crippen LogP) is 3.21. The van der Waals surface area contributed by atoms with Gasteiger partial charge in [-0.05, 0) is 36.8 Å². The second-order valence-corrected chi connectivity index (χ2v) is 7.62. The molecule has 1 aliphatic heterocycles. The van der Waals surface area contributed by atoms with Gasteiger partial charge < -0.3 is 14.8 Å². The lowest BCUT2D eigenvalue weighted by Crippen LogP contribution is -2.37. The lowest BCUT2D eigenvalue weighted by Gasteiger charge is -2.24. The number of methoxy groups -OCH3 is 2. The molecule has 144 valence electrons. The summed E-state index contributed by atoms with van der Waals surface area (Å²) in [6.45, 7) is 0. The highest BCUT2D eigenvalue weighted by atomic mass is 32.2. The summed E-state index contributed by atoms with van der Waals surface area (Å²) in [5.74, 6) is 1.50. The molecule has 0 radical (unpaired) electrons. The molecule has 3 N–H and O–H groups in total. The van der Waals surface area contributed by atoms with Crippen molar-refractivity contribution in [2.24, 2.45) is 4.99 Å². The number of nitrogens with zero attached hydrogens (tertiary/aromatic N) is 1. The molecule has 1 aromatic carbocycles. The van der Waals surface area contributed by atoms with E-state index in [1.807, 2.05) is 12.1 Å².